The maximum atomic E-state index is 11.7. The average molecular weight is 244 g/mol. The molecule has 0 aromatic carbocycles. The first-order valence-corrected chi connectivity index (χ1v) is 6.72. The minimum absolute atomic E-state index is 0.00956. The van der Waals surface area contributed by atoms with Crippen molar-refractivity contribution in [3.63, 3.8) is 0 Å². The summed E-state index contributed by atoms with van der Waals surface area (Å²) in [6.45, 7) is 1.71. The molecule has 6 nitrogen and oxygen atoms in total. The zero-order valence-electron chi connectivity index (χ0n) is 8.76. The lowest BCUT2D eigenvalue weighted by atomic mass is 10.2. The summed E-state index contributed by atoms with van der Waals surface area (Å²) in [6.07, 6.45) is 1.84. The van der Waals surface area contributed by atoms with Crippen LogP contribution in [0.1, 0.15) is 22.5 Å². The minimum Gasteiger partial charge on any atom is -0.364 e. The topological polar surface area (TPSA) is 89.3 Å². The molecule has 1 N–H and O–H groups in total. The summed E-state index contributed by atoms with van der Waals surface area (Å²) in [5, 5.41) is 6.19. The van der Waals surface area contributed by atoms with Crippen LogP contribution in [0.25, 0.3) is 0 Å². The lowest BCUT2D eigenvalue weighted by molar-refractivity contribution is 0.0931. The number of hydrogen-bond donors (Lipinski definition) is 1. The first kappa shape index (κ1) is 11.1. The third kappa shape index (κ3) is 2.24. The van der Waals surface area contributed by atoms with E-state index in [0.29, 0.717) is 12.0 Å². The van der Waals surface area contributed by atoms with E-state index in [1.165, 1.54) is 6.26 Å². The van der Waals surface area contributed by atoms with E-state index >= 15 is 0 Å². The second-order valence-electron chi connectivity index (χ2n) is 3.92. The fraction of sp³-hybridized carbons (Fsp3) is 0.556. The van der Waals surface area contributed by atoms with Crippen molar-refractivity contribution >= 4 is 15.7 Å². The molecule has 88 valence electrons. The van der Waals surface area contributed by atoms with Crippen LogP contribution in [0.2, 0.25) is 0 Å². The third-order valence-corrected chi connectivity index (χ3v) is 4.30. The number of aryl methyl sites for hydroxylation is 1. The number of sulfone groups is 1. The predicted molar refractivity (Wildman–Crippen MR) is 55.8 cm³/mol. The fourth-order valence-corrected chi connectivity index (χ4v) is 3.34. The van der Waals surface area contributed by atoms with Crippen LogP contribution >= 0.6 is 0 Å². The van der Waals surface area contributed by atoms with E-state index in [2.05, 4.69) is 15.0 Å². The Bertz CT molecular complexity index is 505. The van der Waals surface area contributed by atoms with E-state index in [9.17, 15) is 13.2 Å². The molecule has 1 atom stereocenters. The van der Waals surface area contributed by atoms with Crippen molar-refractivity contribution in [2.75, 3.05) is 11.5 Å². The first-order valence-electron chi connectivity index (χ1n) is 4.90. The number of nitrogens with zero attached hydrogens (tertiary/aromatic N) is 1. The minimum atomic E-state index is -2.98. The highest BCUT2D eigenvalue weighted by Gasteiger charge is 2.29. The SMILES string of the molecule is Cc1conc1C(=O)NC1CCS(=O)(=O)C1. The Morgan fingerprint density at radius 2 is 2.38 bits per heavy atom. The second-order valence-corrected chi connectivity index (χ2v) is 6.15. The lowest BCUT2D eigenvalue weighted by Crippen LogP contribution is -2.36. The van der Waals surface area contributed by atoms with Gasteiger partial charge in [-0.05, 0) is 13.3 Å². The summed E-state index contributed by atoms with van der Waals surface area (Å²) >= 11 is 0. The number of carbonyl (C=O) groups excluding carboxylic acids is 1. The van der Waals surface area contributed by atoms with Crippen molar-refractivity contribution in [1.29, 1.82) is 0 Å². The quantitative estimate of drug-likeness (QED) is 0.784. The summed E-state index contributed by atoms with van der Waals surface area (Å²) in [4.78, 5) is 11.7. The van der Waals surface area contributed by atoms with Gasteiger partial charge in [0.25, 0.3) is 5.91 Å². The Balaban J connectivity index is 2.02. The highest BCUT2D eigenvalue weighted by atomic mass is 32.2. The largest absolute Gasteiger partial charge is 0.364 e. The van der Waals surface area contributed by atoms with Gasteiger partial charge in [-0.15, -0.1) is 0 Å². The highest BCUT2D eigenvalue weighted by Crippen LogP contribution is 2.12. The summed E-state index contributed by atoms with van der Waals surface area (Å²) in [5.41, 5.74) is 0.850. The van der Waals surface area contributed by atoms with Gasteiger partial charge in [-0.3, -0.25) is 4.79 Å². The van der Waals surface area contributed by atoms with Gasteiger partial charge in [-0.2, -0.15) is 0 Å². The summed E-state index contributed by atoms with van der Waals surface area (Å²) in [5.74, 6) is -0.237. The second kappa shape index (κ2) is 3.89. The normalized spacial score (nSPS) is 23.2. The Labute approximate surface area is 92.9 Å². The predicted octanol–water partition coefficient (Wildman–Crippen LogP) is -0.100. The van der Waals surface area contributed by atoms with Crippen LogP contribution < -0.4 is 5.32 Å². The van der Waals surface area contributed by atoms with Crippen molar-refractivity contribution < 1.29 is 17.7 Å². The molecular weight excluding hydrogens is 232 g/mol. The molecule has 1 aliphatic heterocycles. The summed E-state index contributed by atoms with van der Waals surface area (Å²) < 4.78 is 27.0. The van der Waals surface area contributed by atoms with Gasteiger partial charge in [0.1, 0.15) is 6.26 Å². The van der Waals surface area contributed by atoms with Gasteiger partial charge >= 0.3 is 0 Å². The molecule has 1 fully saturated rings. The Morgan fingerprint density at radius 3 is 2.88 bits per heavy atom. The zero-order chi connectivity index (χ0) is 11.8. The molecule has 16 heavy (non-hydrogen) atoms. The lowest BCUT2D eigenvalue weighted by Gasteiger charge is -2.08. The van der Waals surface area contributed by atoms with Crippen molar-refractivity contribution in [2.24, 2.45) is 0 Å². The number of hydrogen-bond acceptors (Lipinski definition) is 5. The molecule has 1 aromatic rings. The molecular formula is C9H12N2O4S. The molecule has 2 rings (SSSR count). The van der Waals surface area contributed by atoms with E-state index in [0.717, 1.165) is 0 Å². The fourth-order valence-electron chi connectivity index (χ4n) is 1.67. The van der Waals surface area contributed by atoms with Gasteiger partial charge in [0.2, 0.25) is 0 Å². The summed E-state index contributed by atoms with van der Waals surface area (Å²) in [7, 11) is -2.98. The van der Waals surface area contributed by atoms with E-state index in [4.69, 9.17) is 0 Å². The molecule has 0 bridgehead atoms. The number of aromatic nitrogens is 1. The number of rotatable bonds is 2. The maximum absolute atomic E-state index is 11.7. The third-order valence-electron chi connectivity index (χ3n) is 2.53. The van der Waals surface area contributed by atoms with Gasteiger partial charge in [0.15, 0.2) is 15.5 Å². The molecule has 7 heteroatoms. The van der Waals surface area contributed by atoms with Crippen LogP contribution in [0, 0.1) is 6.92 Å². The smallest absolute Gasteiger partial charge is 0.273 e. The van der Waals surface area contributed by atoms with E-state index in [1.54, 1.807) is 6.92 Å². The van der Waals surface area contributed by atoms with Crippen LogP contribution in [-0.2, 0) is 9.84 Å². The molecule has 1 amide bonds. The van der Waals surface area contributed by atoms with Gasteiger partial charge in [-0.1, -0.05) is 5.16 Å². The number of nitrogens with one attached hydrogen (secondary N) is 1. The van der Waals surface area contributed by atoms with Gasteiger partial charge in [-0.25, -0.2) is 8.42 Å². The van der Waals surface area contributed by atoms with Crippen LogP contribution in [-0.4, -0.2) is 37.0 Å². The molecule has 0 saturated carbocycles. The molecule has 0 spiro atoms. The average Bonchev–Trinajstić information content (AvgIpc) is 2.72. The molecule has 1 aliphatic rings. The zero-order valence-corrected chi connectivity index (χ0v) is 9.58. The molecule has 2 heterocycles. The van der Waals surface area contributed by atoms with Crippen molar-refractivity contribution in [3.8, 4) is 0 Å². The van der Waals surface area contributed by atoms with Gasteiger partial charge in [0.05, 0.1) is 11.5 Å². The standard InChI is InChI=1S/C9H12N2O4S/c1-6-4-15-11-8(6)9(12)10-7-2-3-16(13,14)5-7/h4,7H,2-3,5H2,1H3,(H,10,12). The van der Waals surface area contributed by atoms with E-state index in [-0.39, 0.29) is 29.1 Å². The molecule has 1 saturated heterocycles. The monoisotopic (exact) mass is 244 g/mol. The van der Waals surface area contributed by atoms with Crippen molar-refractivity contribution in [3.05, 3.63) is 17.5 Å². The molecule has 0 aliphatic carbocycles. The van der Waals surface area contributed by atoms with Gasteiger partial charge in [0, 0.05) is 11.6 Å². The van der Waals surface area contributed by atoms with Crippen LogP contribution in [0.5, 0.6) is 0 Å². The first-order chi connectivity index (χ1) is 7.48. The molecule has 0 radical (unpaired) electrons. The Kier molecular flexibility index (Phi) is 2.71. The van der Waals surface area contributed by atoms with Crippen molar-refractivity contribution in [1.82, 2.24) is 10.5 Å². The van der Waals surface area contributed by atoms with Gasteiger partial charge < -0.3 is 9.84 Å². The van der Waals surface area contributed by atoms with E-state index in [1.807, 2.05) is 0 Å². The Hall–Kier alpha value is -1.37. The van der Waals surface area contributed by atoms with Crippen LogP contribution in [0.4, 0.5) is 0 Å². The highest BCUT2D eigenvalue weighted by molar-refractivity contribution is 7.91. The Morgan fingerprint density at radius 1 is 1.62 bits per heavy atom. The maximum Gasteiger partial charge on any atom is 0.273 e. The number of amides is 1. The van der Waals surface area contributed by atoms with Crippen LogP contribution in [0.15, 0.2) is 10.8 Å². The van der Waals surface area contributed by atoms with Crippen LogP contribution in [0.3, 0.4) is 0 Å². The molecule has 1 aromatic heterocycles. The van der Waals surface area contributed by atoms with E-state index < -0.39 is 9.84 Å². The summed E-state index contributed by atoms with van der Waals surface area (Å²) in [6, 6.07) is -0.311. The molecule has 1 unspecified atom stereocenters. The van der Waals surface area contributed by atoms with Crippen molar-refractivity contribution in [2.45, 2.75) is 19.4 Å². The number of carbonyl (C=O) groups is 1.